The van der Waals surface area contributed by atoms with Gasteiger partial charge in [-0.25, -0.2) is 4.98 Å². The molecule has 2 fully saturated rings. The van der Waals surface area contributed by atoms with E-state index in [-0.39, 0.29) is 7.33 Å². The fraction of sp³-hybridized carbons (Fsp3) is 0.538. The molecule has 2 aliphatic heterocycles. The summed E-state index contributed by atoms with van der Waals surface area (Å²) in [4.78, 5) is 24.3. The standard InChI is InChI=1S/C26H35Cl2N5O.H2/c1-19(2)16-30-26(34)21-15-24(28)25(29-17-21)33-13-11-32(12-14-33)23-7-9-31(10-8-23)18-20-3-5-22(27)6-4-20;/h3-6,15,17,19,23H,7-14,16,18H2,1-2H3,(H,30,34);1H. The minimum absolute atomic E-state index is 0. The van der Waals surface area contributed by atoms with Crippen LogP contribution in [0.2, 0.25) is 10.0 Å². The van der Waals surface area contributed by atoms with E-state index in [1.807, 2.05) is 12.1 Å². The Labute approximate surface area is 214 Å². The Morgan fingerprint density at radius 2 is 1.76 bits per heavy atom. The van der Waals surface area contributed by atoms with Crippen LogP contribution in [-0.4, -0.2) is 72.5 Å². The predicted molar refractivity (Wildman–Crippen MR) is 142 cm³/mol. The van der Waals surface area contributed by atoms with Crippen molar-refractivity contribution in [1.29, 1.82) is 0 Å². The first-order valence-corrected chi connectivity index (χ1v) is 13.0. The van der Waals surface area contributed by atoms with Gasteiger partial charge in [0.2, 0.25) is 0 Å². The summed E-state index contributed by atoms with van der Waals surface area (Å²) < 4.78 is 0. The molecule has 0 radical (unpaired) electrons. The normalized spacial score (nSPS) is 18.4. The van der Waals surface area contributed by atoms with E-state index in [0.717, 1.165) is 56.7 Å². The highest BCUT2D eigenvalue weighted by molar-refractivity contribution is 6.33. The Hall–Kier alpha value is -1.86. The summed E-state index contributed by atoms with van der Waals surface area (Å²) in [5.41, 5.74) is 1.84. The number of carbonyl (C=O) groups excluding carboxylic acids is 1. The molecule has 2 saturated heterocycles. The molecule has 0 saturated carbocycles. The second-order valence-electron chi connectivity index (χ2n) is 9.79. The van der Waals surface area contributed by atoms with Gasteiger partial charge in [0.05, 0.1) is 10.6 Å². The van der Waals surface area contributed by atoms with Crippen LogP contribution in [0.4, 0.5) is 5.82 Å². The molecule has 2 aliphatic rings. The van der Waals surface area contributed by atoms with E-state index in [2.05, 4.69) is 51.0 Å². The Balaban J connectivity index is 0.00000342. The Morgan fingerprint density at radius 1 is 1.09 bits per heavy atom. The maximum absolute atomic E-state index is 12.3. The highest BCUT2D eigenvalue weighted by Gasteiger charge is 2.28. The SMILES string of the molecule is CC(C)CNC(=O)c1cnc(N2CCN(C3CCN(Cc4ccc(Cl)cc4)CC3)CC2)c(Cl)c1.[HH]. The summed E-state index contributed by atoms with van der Waals surface area (Å²) in [6.07, 6.45) is 4.04. The molecular formula is C26H37Cl2N5O. The highest BCUT2D eigenvalue weighted by Crippen LogP contribution is 2.27. The lowest BCUT2D eigenvalue weighted by Gasteiger charge is -2.43. The van der Waals surface area contributed by atoms with Crippen molar-refractivity contribution >= 4 is 34.9 Å². The van der Waals surface area contributed by atoms with Crippen molar-refractivity contribution in [1.82, 2.24) is 20.1 Å². The lowest BCUT2D eigenvalue weighted by Crippen LogP contribution is -2.53. The van der Waals surface area contributed by atoms with Crippen LogP contribution in [0.15, 0.2) is 36.5 Å². The Kier molecular flexibility index (Phi) is 8.70. The first-order valence-electron chi connectivity index (χ1n) is 12.3. The van der Waals surface area contributed by atoms with Gasteiger partial charge >= 0.3 is 0 Å². The molecule has 0 atom stereocenters. The number of amides is 1. The molecule has 0 aliphatic carbocycles. The molecule has 0 spiro atoms. The van der Waals surface area contributed by atoms with Gasteiger partial charge in [-0.3, -0.25) is 14.6 Å². The number of piperazine rings is 1. The smallest absolute Gasteiger partial charge is 0.252 e. The number of nitrogens with one attached hydrogen (secondary N) is 1. The first-order chi connectivity index (χ1) is 16.4. The number of rotatable bonds is 7. The van der Waals surface area contributed by atoms with Crippen LogP contribution in [0.5, 0.6) is 0 Å². The topological polar surface area (TPSA) is 51.7 Å². The molecule has 0 unspecified atom stereocenters. The van der Waals surface area contributed by atoms with Crippen molar-refractivity contribution in [2.24, 2.45) is 5.92 Å². The molecule has 186 valence electrons. The van der Waals surface area contributed by atoms with Gasteiger partial charge in [-0.1, -0.05) is 49.2 Å². The van der Waals surface area contributed by atoms with E-state index in [1.165, 1.54) is 18.4 Å². The largest absolute Gasteiger partial charge is 0.353 e. The number of aromatic nitrogens is 1. The number of hydrogen-bond acceptors (Lipinski definition) is 5. The summed E-state index contributed by atoms with van der Waals surface area (Å²) in [7, 11) is 0. The van der Waals surface area contributed by atoms with E-state index in [4.69, 9.17) is 23.2 Å². The van der Waals surface area contributed by atoms with Crippen LogP contribution in [0.1, 0.15) is 44.0 Å². The predicted octanol–water partition coefficient (Wildman–Crippen LogP) is 4.81. The van der Waals surface area contributed by atoms with E-state index in [1.54, 1.807) is 12.3 Å². The zero-order valence-electron chi connectivity index (χ0n) is 20.1. The van der Waals surface area contributed by atoms with Crippen LogP contribution < -0.4 is 10.2 Å². The van der Waals surface area contributed by atoms with Crippen molar-refractivity contribution in [2.75, 3.05) is 50.7 Å². The second kappa shape index (κ2) is 11.7. The van der Waals surface area contributed by atoms with Gasteiger partial charge in [0.1, 0.15) is 5.82 Å². The number of anilines is 1. The molecule has 2 aromatic rings. The van der Waals surface area contributed by atoms with E-state index in [9.17, 15) is 4.79 Å². The zero-order valence-corrected chi connectivity index (χ0v) is 21.7. The molecule has 34 heavy (non-hydrogen) atoms. The quantitative estimate of drug-likeness (QED) is 0.585. The molecule has 4 rings (SSSR count). The van der Waals surface area contributed by atoms with Crippen LogP contribution in [-0.2, 0) is 6.54 Å². The number of halogens is 2. The van der Waals surface area contributed by atoms with Gasteiger partial charge < -0.3 is 10.2 Å². The average Bonchev–Trinajstić information content (AvgIpc) is 2.84. The van der Waals surface area contributed by atoms with Crippen molar-refractivity contribution < 1.29 is 6.22 Å². The van der Waals surface area contributed by atoms with E-state index < -0.39 is 0 Å². The van der Waals surface area contributed by atoms with Gasteiger partial charge in [-0.05, 0) is 55.6 Å². The van der Waals surface area contributed by atoms with Gasteiger partial charge in [0.25, 0.3) is 5.91 Å². The van der Waals surface area contributed by atoms with Crippen LogP contribution in [0.3, 0.4) is 0 Å². The minimum Gasteiger partial charge on any atom is -0.353 e. The molecule has 8 heteroatoms. The van der Waals surface area contributed by atoms with Crippen molar-refractivity contribution in [2.45, 2.75) is 39.3 Å². The van der Waals surface area contributed by atoms with E-state index >= 15 is 0 Å². The highest BCUT2D eigenvalue weighted by atomic mass is 35.5. The van der Waals surface area contributed by atoms with Crippen LogP contribution in [0, 0.1) is 5.92 Å². The Morgan fingerprint density at radius 3 is 2.38 bits per heavy atom. The van der Waals surface area contributed by atoms with Gasteiger partial charge in [-0.15, -0.1) is 0 Å². The number of hydrogen-bond donors (Lipinski definition) is 1. The third-order valence-corrected chi connectivity index (χ3v) is 7.29. The summed E-state index contributed by atoms with van der Waals surface area (Å²) in [6, 6.07) is 10.6. The van der Waals surface area contributed by atoms with Crippen molar-refractivity contribution in [3.63, 3.8) is 0 Å². The molecule has 1 aromatic carbocycles. The lowest BCUT2D eigenvalue weighted by atomic mass is 10.0. The number of nitrogens with zero attached hydrogens (tertiary/aromatic N) is 4. The number of benzene rings is 1. The monoisotopic (exact) mass is 505 g/mol. The summed E-state index contributed by atoms with van der Waals surface area (Å²) >= 11 is 12.5. The number of pyridine rings is 1. The van der Waals surface area contributed by atoms with Crippen LogP contribution in [0.25, 0.3) is 0 Å². The fourth-order valence-electron chi connectivity index (χ4n) is 4.78. The maximum atomic E-state index is 12.3. The summed E-state index contributed by atoms with van der Waals surface area (Å²) in [5, 5.41) is 4.25. The maximum Gasteiger partial charge on any atom is 0.252 e. The van der Waals surface area contributed by atoms with Gasteiger partial charge in [0.15, 0.2) is 0 Å². The third kappa shape index (κ3) is 6.63. The van der Waals surface area contributed by atoms with Gasteiger partial charge in [-0.2, -0.15) is 0 Å². The molecule has 0 bridgehead atoms. The lowest BCUT2D eigenvalue weighted by molar-refractivity contribution is 0.0948. The van der Waals surface area contributed by atoms with Crippen molar-refractivity contribution in [3.05, 3.63) is 57.7 Å². The zero-order chi connectivity index (χ0) is 24.1. The fourth-order valence-corrected chi connectivity index (χ4v) is 5.19. The first kappa shape index (κ1) is 25.2. The molecule has 1 aromatic heterocycles. The summed E-state index contributed by atoms with van der Waals surface area (Å²) in [6.45, 7) is 11.8. The molecule has 1 N–H and O–H groups in total. The number of piperidine rings is 1. The van der Waals surface area contributed by atoms with Crippen LogP contribution >= 0.6 is 23.2 Å². The average molecular weight is 507 g/mol. The molecular weight excluding hydrogens is 469 g/mol. The van der Waals surface area contributed by atoms with Crippen molar-refractivity contribution in [3.8, 4) is 0 Å². The number of carbonyl (C=O) groups is 1. The molecule has 3 heterocycles. The molecule has 6 nitrogen and oxygen atoms in total. The summed E-state index contributed by atoms with van der Waals surface area (Å²) in [5.74, 6) is 1.06. The molecule has 1 amide bonds. The number of likely N-dealkylation sites (tertiary alicyclic amines) is 1. The second-order valence-corrected chi connectivity index (χ2v) is 10.6. The Bertz CT molecular complexity index is 959. The third-order valence-electron chi connectivity index (χ3n) is 6.76. The van der Waals surface area contributed by atoms with Gasteiger partial charge in [0, 0.05) is 58.0 Å². The minimum atomic E-state index is -0.123. The van der Waals surface area contributed by atoms with E-state index in [0.29, 0.717) is 29.1 Å².